The maximum atomic E-state index is 13.9. The molecular weight excluding hydrogens is 548 g/mol. The fourth-order valence-corrected chi connectivity index (χ4v) is 4.88. The minimum Gasteiger partial charge on any atom is -0.507 e. The largest absolute Gasteiger partial charge is 0.507 e. The predicted molar refractivity (Wildman–Crippen MR) is 138 cm³/mol. The van der Waals surface area contributed by atoms with E-state index in [1.807, 2.05) is 0 Å². The predicted octanol–water partition coefficient (Wildman–Crippen LogP) is 6.53. The Kier molecular flexibility index (Phi) is 7.54. The van der Waals surface area contributed by atoms with Crippen LogP contribution in [0.2, 0.25) is 15.1 Å². The minimum absolute atomic E-state index is 0.0553. The molecule has 1 fully saturated rings. The Hall–Kier alpha value is -3.46. The van der Waals surface area contributed by atoms with E-state index < -0.39 is 29.3 Å². The standard InChI is InChI=1S/C26H19Cl3FNO6/c1-3-37-20-10-12(4-7-19(20)32)22-21(23(33)13-8-16(28)25(36-2)17(29)9-13)24(34)26(35)31(22)14-5-6-18(30)15(27)11-14/h4-11,22,32-33H,3H2,1-2H3/b23-21+. The fraction of sp³-hybridized carbons (Fsp3) is 0.154. The molecule has 3 aromatic carbocycles. The smallest absolute Gasteiger partial charge is 0.300 e. The third kappa shape index (κ3) is 4.80. The van der Waals surface area contributed by atoms with Crippen molar-refractivity contribution in [2.45, 2.75) is 13.0 Å². The van der Waals surface area contributed by atoms with E-state index in [9.17, 15) is 24.2 Å². The van der Waals surface area contributed by atoms with Gasteiger partial charge in [-0.05, 0) is 55.0 Å². The Morgan fingerprint density at radius 3 is 2.30 bits per heavy atom. The minimum atomic E-state index is -1.21. The Morgan fingerprint density at radius 2 is 1.70 bits per heavy atom. The lowest BCUT2D eigenvalue weighted by atomic mass is 9.94. The number of ether oxygens (including phenoxy) is 2. The molecule has 1 amide bonds. The third-order valence-corrected chi connectivity index (χ3v) is 6.55. The Bertz CT molecular complexity index is 1440. The number of methoxy groups -OCH3 is 1. The van der Waals surface area contributed by atoms with Crippen molar-refractivity contribution < 1.29 is 33.7 Å². The summed E-state index contributed by atoms with van der Waals surface area (Å²) in [6.45, 7) is 1.95. The molecule has 1 aliphatic heterocycles. The zero-order valence-corrected chi connectivity index (χ0v) is 21.7. The number of anilines is 1. The lowest BCUT2D eigenvalue weighted by Gasteiger charge is -2.26. The van der Waals surface area contributed by atoms with Gasteiger partial charge in [-0.2, -0.15) is 0 Å². The van der Waals surface area contributed by atoms with Crippen LogP contribution >= 0.6 is 34.8 Å². The number of Topliss-reactive ketones (excluding diaryl/α,β-unsaturated/α-hetero) is 1. The van der Waals surface area contributed by atoms with Gasteiger partial charge in [-0.3, -0.25) is 14.5 Å². The molecule has 0 spiro atoms. The quantitative estimate of drug-likeness (QED) is 0.200. The van der Waals surface area contributed by atoms with E-state index >= 15 is 0 Å². The first-order chi connectivity index (χ1) is 17.6. The summed E-state index contributed by atoms with van der Waals surface area (Å²) in [7, 11) is 1.37. The SMILES string of the molecule is CCOc1cc(C2/C(=C(\O)c3cc(Cl)c(OC)c(Cl)c3)C(=O)C(=O)N2c2ccc(F)c(Cl)c2)ccc1O. The zero-order chi connectivity index (χ0) is 27.0. The van der Waals surface area contributed by atoms with Crippen molar-refractivity contribution in [3.05, 3.63) is 86.1 Å². The monoisotopic (exact) mass is 565 g/mol. The fourth-order valence-electron chi connectivity index (χ4n) is 4.07. The molecule has 1 atom stereocenters. The number of aliphatic hydroxyl groups excluding tert-OH is 1. The van der Waals surface area contributed by atoms with Crippen molar-refractivity contribution in [1.29, 1.82) is 0 Å². The number of amides is 1. The molecule has 0 bridgehead atoms. The normalized spacial score (nSPS) is 16.8. The number of rotatable bonds is 6. The van der Waals surface area contributed by atoms with Gasteiger partial charge < -0.3 is 19.7 Å². The number of hydrogen-bond acceptors (Lipinski definition) is 6. The summed E-state index contributed by atoms with van der Waals surface area (Å²) in [5.74, 6) is -3.19. The number of phenolic OH excluding ortho intramolecular Hbond substituents is 1. The van der Waals surface area contributed by atoms with Gasteiger partial charge in [0.2, 0.25) is 0 Å². The lowest BCUT2D eigenvalue weighted by molar-refractivity contribution is -0.132. The highest BCUT2D eigenvalue weighted by molar-refractivity contribution is 6.52. The number of ketones is 1. The maximum Gasteiger partial charge on any atom is 0.300 e. The van der Waals surface area contributed by atoms with Gasteiger partial charge in [0, 0.05) is 11.3 Å². The molecular formula is C26H19Cl3FNO6. The number of aliphatic hydroxyl groups is 1. The summed E-state index contributed by atoms with van der Waals surface area (Å²) in [6.07, 6.45) is 0. The van der Waals surface area contributed by atoms with Gasteiger partial charge in [-0.15, -0.1) is 0 Å². The van der Waals surface area contributed by atoms with Crippen molar-refractivity contribution in [3.8, 4) is 17.2 Å². The molecule has 3 aromatic rings. The number of aromatic hydroxyl groups is 1. The summed E-state index contributed by atoms with van der Waals surface area (Å²) in [4.78, 5) is 27.7. The van der Waals surface area contributed by atoms with Crippen LogP contribution < -0.4 is 14.4 Å². The van der Waals surface area contributed by atoms with Crippen molar-refractivity contribution in [1.82, 2.24) is 0 Å². The van der Waals surface area contributed by atoms with E-state index in [0.29, 0.717) is 5.56 Å². The third-order valence-electron chi connectivity index (χ3n) is 5.70. The molecule has 192 valence electrons. The maximum absolute atomic E-state index is 13.9. The Balaban J connectivity index is 1.99. The number of carbonyl (C=O) groups excluding carboxylic acids is 2. The lowest BCUT2D eigenvalue weighted by Crippen LogP contribution is -2.29. The highest BCUT2D eigenvalue weighted by atomic mass is 35.5. The molecule has 11 heteroatoms. The van der Waals surface area contributed by atoms with Gasteiger partial charge in [0.25, 0.3) is 11.7 Å². The van der Waals surface area contributed by atoms with Gasteiger partial charge in [-0.25, -0.2) is 4.39 Å². The van der Waals surface area contributed by atoms with Gasteiger partial charge >= 0.3 is 0 Å². The average Bonchev–Trinajstić information content (AvgIpc) is 3.12. The van der Waals surface area contributed by atoms with Crippen LogP contribution in [0.15, 0.2) is 54.1 Å². The number of halogens is 4. The van der Waals surface area contributed by atoms with Gasteiger partial charge in [-0.1, -0.05) is 40.9 Å². The topological polar surface area (TPSA) is 96.3 Å². The van der Waals surface area contributed by atoms with Crippen LogP contribution in [0.25, 0.3) is 5.76 Å². The molecule has 0 aliphatic carbocycles. The van der Waals surface area contributed by atoms with Crippen LogP contribution in [0.4, 0.5) is 10.1 Å². The van der Waals surface area contributed by atoms with E-state index in [1.165, 1.54) is 49.6 Å². The second kappa shape index (κ2) is 10.5. The molecule has 1 unspecified atom stereocenters. The van der Waals surface area contributed by atoms with Gasteiger partial charge in [0.15, 0.2) is 17.2 Å². The van der Waals surface area contributed by atoms with Gasteiger partial charge in [0.1, 0.15) is 11.6 Å². The molecule has 1 saturated heterocycles. The average molecular weight is 567 g/mol. The first-order valence-corrected chi connectivity index (χ1v) is 12.0. The summed E-state index contributed by atoms with van der Waals surface area (Å²) < 4.78 is 24.5. The molecule has 0 aromatic heterocycles. The van der Waals surface area contributed by atoms with E-state index in [-0.39, 0.29) is 55.7 Å². The highest BCUT2D eigenvalue weighted by Gasteiger charge is 2.47. The molecule has 0 saturated carbocycles. The summed E-state index contributed by atoms with van der Waals surface area (Å²) in [5.41, 5.74) is 0.179. The highest BCUT2D eigenvalue weighted by Crippen LogP contribution is 2.45. The van der Waals surface area contributed by atoms with Crippen LogP contribution in [0.3, 0.4) is 0 Å². The van der Waals surface area contributed by atoms with Gasteiger partial charge in [0.05, 0.1) is 40.4 Å². The van der Waals surface area contributed by atoms with E-state index in [4.69, 9.17) is 44.3 Å². The Labute approximate surface area is 226 Å². The number of nitrogens with zero attached hydrogens (tertiary/aromatic N) is 1. The van der Waals surface area contributed by atoms with Crippen LogP contribution in [0, 0.1) is 5.82 Å². The summed E-state index contributed by atoms with van der Waals surface area (Å²) in [5, 5.41) is 21.4. The van der Waals surface area contributed by atoms with E-state index in [0.717, 1.165) is 11.0 Å². The molecule has 0 radical (unpaired) electrons. The van der Waals surface area contributed by atoms with Crippen molar-refractivity contribution in [3.63, 3.8) is 0 Å². The zero-order valence-electron chi connectivity index (χ0n) is 19.4. The second-order valence-corrected chi connectivity index (χ2v) is 9.12. The second-order valence-electron chi connectivity index (χ2n) is 7.90. The first-order valence-electron chi connectivity index (χ1n) is 10.8. The molecule has 2 N–H and O–H groups in total. The molecule has 4 rings (SSSR count). The van der Waals surface area contributed by atoms with Crippen LogP contribution in [0.5, 0.6) is 17.2 Å². The van der Waals surface area contributed by atoms with Crippen LogP contribution in [-0.2, 0) is 9.59 Å². The number of benzene rings is 3. The molecule has 1 heterocycles. The van der Waals surface area contributed by atoms with E-state index in [2.05, 4.69) is 0 Å². The van der Waals surface area contributed by atoms with Crippen LogP contribution in [-0.4, -0.2) is 35.6 Å². The van der Waals surface area contributed by atoms with E-state index in [1.54, 1.807) is 6.92 Å². The van der Waals surface area contributed by atoms with Crippen molar-refractivity contribution in [2.75, 3.05) is 18.6 Å². The van der Waals surface area contributed by atoms with Crippen LogP contribution in [0.1, 0.15) is 24.1 Å². The molecule has 37 heavy (non-hydrogen) atoms. The number of phenols is 1. The van der Waals surface area contributed by atoms with Crippen molar-refractivity contribution in [2.24, 2.45) is 0 Å². The summed E-state index contributed by atoms with van der Waals surface area (Å²) >= 11 is 18.4. The first kappa shape index (κ1) is 26.6. The molecule has 1 aliphatic rings. The number of carbonyl (C=O) groups is 2. The summed E-state index contributed by atoms with van der Waals surface area (Å²) in [6, 6.07) is 9.24. The Morgan fingerprint density at radius 1 is 1.03 bits per heavy atom. The molecule has 7 nitrogen and oxygen atoms in total. The number of hydrogen-bond donors (Lipinski definition) is 2. The van der Waals surface area contributed by atoms with Crippen molar-refractivity contribution >= 4 is 57.9 Å².